The number of rotatable bonds is 7. The van der Waals surface area contributed by atoms with E-state index in [9.17, 15) is 9.59 Å². The van der Waals surface area contributed by atoms with Gasteiger partial charge in [-0.15, -0.1) is 0 Å². The molecule has 0 heterocycles. The van der Waals surface area contributed by atoms with Crippen molar-refractivity contribution in [2.24, 2.45) is 11.1 Å². The predicted octanol–water partition coefficient (Wildman–Crippen LogP) is 2.76. The summed E-state index contributed by atoms with van der Waals surface area (Å²) < 4.78 is 5.55. The lowest BCUT2D eigenvalue weighted by molar-refractivity contribution is -0.125. The average molecular weight is 328 g/mol. The number of amides is 3. The lowest BCUT2D eigenvalue weighted by Gasteiger charge is -2.21. The van der Waals surface area contributed by atoms with Crippen LogP contribution in [0.4, 0.5) is 10.5 Å². The van der Waals surface area contributed by atoms with Crippen LogP contribution in [0.1, 0.15) is 27.2 Å². The molecule has 6 nitrogen and oxygen atoms in total. The molecule has 0 aliphatic rings. The van der Waals surface area contributed by atoms with Gasteiger partial charge in [0.15, 0.2) is 0 Å². The fourth-order valence-electron chi connectivity index (χ4n) is 1.49. The first-order valence-corrected chi connectivity index (χ1v) is 7.41. The summed E-state index contributed by atoms with van der Waals surface area (Å²) in [5.74, 6) is 0.0538. The molecule has 0 unspecified atom stereocenters. The smallest absolute Gasteiger partial charge is 0.319 e. The first-order chi connectivity index (χ1) is 10.3. The predicted molar refractivity (Wildman–Crippen MR) is 87.2 cm³/mol. The van der Waals surface area contributed by atoms with E-state index in [1.54, 1.807) is 32.0 Å². The number of urea groups is 1. The van der Waals surface area contributed by atoms with Gasteiger partial charge >= 0.3 is 6.03 Å². The molecule has 7 heteroatoms. The zero-order valence-electron chi connectivity index (χ0n) is 13.0. The Bertz CT molecular complexity index is 547. The molecule has 122 valence electrons. The van der Waals surface area contributed by atoms with E-state index < -0.39 is 17.4 Å². The highest BCUT2D eigenvalue weighted by Crippen LogP contribution is 2.28. The molecule has 22 heavy (non-hydrogen) atoms. The summed E-state index contributed by atoms with van der Waals surface area (Å²) in [7, 11) is 0. The number of carbonyl (C=O) groups is 2. The molecule has 0 fully saturated rings. The van der Waals surface area contributed by atoms with Crippen molar-refractivity contribution >= 4 is 29.2 Å². The van der Waals surface area contributed by atoms with E-state index in [1.807, 2.05) is 6.92 Å². The summed E-state index contributed by atoms with van der Waals surface area (Å²) in [5, 5.41) is 5.75. The highest BCUT2D eigenvalue weighted by Gasteiger charge is 2.25. The normalized spacial score (nSPS) is 10.9. The van der Waals surface area contributed by atoms with Crippen molar-refractivity contribution in [3.05, 3.63) is 23.2 Å². The van der Waals surface area contributed by atoms with Crippen molar-refractivity contribution in [2.45, 2.75) is 27.2 Å². The molecule has 0 aliphatic carbocycles. The van der Waals surface area contributed by atoms with Gasteiger partial charge in [0.2, 0.25) is 5.91 Å². The van der Waals surface area contributed by atoms with Gasteiger partial charge in [-0.1, -0.05) is 18.5 Å². The summed E-state index contributed by atoms with van der Waals surface area (Å²) in [6, 6.07) is 4.52. The number of hydrogen-bond acceptors (Lipinski definition) is 3. The molecule has 3 amide bonds. The van der Waals surface area contributed by atoms with Gasteiger partial charge in [0.05, 0.1) is 17.7 Å². The van der Waals surface area contributed by atoms with Crippen LogP contribution in [0.2, 0.25) is 5.02 Å². The van der Waals surface area contributed by atoms with E-state index in [-0.39, 0.29) is 6.54 Å². The van der Waals surface area contributed by atoms with Crippen molar-refractivity contribution in [3.8, 4) is 5.75 Å². The SMILES string of the molecule is CCCOc1ccc(Cl)cc1NC(=O)NCC(C)(C)C(N)=O. The van der Waals surface area contributed by atoms with Gasteiger partial charge in [0.1, 0.15) is 5.75 Å². The van der Waals surface area contributed by atoms with E-state index in [0.717, 1.165) is 6.42 Å². The summed E-state index contributed by atoms with van der Waals surface area (Å²) in [6.07, 6.45) is 0.848. The molecule has 0 atom stereocenters. The van der Waals surface area contributed by atoms with Gasteiger partial charge < -0.3 is 21.1 Å². The molecule has 0 bridgehead atoms. The Kier molecular flexibility index (Phi) is 6.49. The Labute approximate surface area is 135 Å². The van der Waals surface area contributed by atoms with Crippen LogP contribution in [0.5, 0.6) is 5.75 Å². The van der Waals surface area contributed by atoms with Crippen molar-refractivity contribution in [1.29, 1.82) is 0 Å². The minimum absolute atomic E-state index is 0.125. The number of nitrogens with one attached hydrogen (secondary N) is 2. The van der Waals surface area contributed by atoms with Crippen LogP contribution in [0.3, 0.4) is 0 Å². The molecule has 4 N–H and O–H groups in total. The minimum atomic E-state index is -0.826. The molecule has 0 radical (unpaired) electrons. The third-order valence-electron chi connectivity index (χ3n) is 3.01. The standard InChI is InChI=1S/C15H22ClN3O3/c1-4-7-22-12-6-5-10(16)8-11(12)19-14(21)18-9-15(2,3)13(17)20/h5-6,8H,4,7,9H2,1-3H3,(H2,17,20)(H2,18,19,21). The third kappa shape index (κ3) is 5.44. The van der Waals surface area contributed by atoms with Crippen LogP contribution in [0, 0.1) is 5.41 Å². The van der Waals surface area contributed by atoms with Gasteiger partial charge in [-0.2, -0.15) is 0 Å². The maximum atomic E-state index is 11.9. The third-order valence-corrected chi connectivity index (χ3v) is 3.24. The molecule has 0 aromatic heterocycles. The number of primary amides is 1. The number of benzene rings is 1. The number of carbonyl (C=O) groups excluding carboxylic acids is 2. The van der Waals surface area contributed by atoms with Crippen LogP contribution in [0.15, 0.2) is 18.2 Å². The van der Waals surface area contributed by atoms with E-state index in [0.29, 0.717) is 23.1 Å². The lowest BCUT2D eigenvalue weighted by Crippen LogP contribution is -2.43. The second-order valence-electron chi connectivity index (χ2n) is 5.54. The molecule has 0 aliphatic heterocycles. The van der Waals surface area contributed by atoms with Crippen LogP contribution in [-0.4, -0.2) is 25.1 Å². The Morgan fingerprint density at radius 2 is 2.05 bits per heavy atom. The highest BCUT2D eigenvalue weighted by molar-refractivity contribution is 6.31. The second-order valence-corrected chi connectivity index (χ2v) is 5.98. The summed E-state index contributed by atoms with van der Waals surface area (Å²) >= 11 is 5.94. The van der Waals surface area contributed by atoms with Crippen molar-refractivity contribution in [3.63, 3.8) is 0 Å². The largest absolute Gasteiger partial charge is 0.491 e. The molecular formula is C15H22ClN3O3. The summed E-state index contributed by atoms with van der Waals surface area (Å²) in [4.78, 5) is 23.2. The topological polar surface area (TPSA) is 93.4 Å². The number of nitrogens with two attached hydrogens (primary N) is 1. The first-order valence-electron chi connectivity index (χ1n) is 7.03. The fraction of sp³-hybridized carbons (Fsp3) is 0.467. The monoisotopic (exact) mass is 327 g/mol. The number of ether oxygens (including phenoxy) is 1. The molecular weight excluding hydrogens is 306 g/mol. The average Bonchev–Trinajstić information content (AvgIpc) is 2.44. The zero-order chi connectivity index (χ0) is 16.8. The van der Waals surface area contributed by atoms with Crippen LogP contribution < -0.4 is 21.1 Å². The Balaban J connectivity index is 2.71. The number of hydrogen-bond donors (Lipinski definition) is 3. The van der Waals surface area contributed by atoms with Crippen LogP contribution >= 0.6 is 11.6 Å². The molecule has 0 saturated carbocycles. The van der Waals surface area contributed by atoms with Crippen molar-refractivity contribution in [2.75, 3.05) is 18.5 Å². The highest BCUT2D eigenvalue weighted by atomic mass is 35.5. The van der Waals surface area contributed by atoms with E-state index in [4.69, 9.17) is 22.1 Å². The summed E-state index contributed by atoms with van der Waals surface area (Å²) in [6.45, 7) is 5.96. The van der Waals surface area contributed by atoms with Crippen LogP contribution in [0.25, 0.3) is 0 Å². The van der Waals surface area contributed by atoms with Crippen molar-refractivity contribution < 1.29 is 14.3 Å². The Morgan fingerprint density at radius 3 is 2.64 bits per heavy atom. The Morgan fingerprint density at radius 1 is 1.36 bits per heavy atom. The van der Waals surface area contributed by atoms with Crippen LogP contribution in [-0.2, 0) is 4.79 Å². The van der Waals surface area contributed by atoms with Gasteiger partial charge in [0.25, 0.3) is 0 Å². The number of anilines is 1. The van der Waals surface area contributed by atoms with Gasteiger partial charge in [-0.25, -0.2) is 4.79 Å². The van der Waals surface area contributed by atoms with Crippen molar-refractivity contribution in [1.82, 2.24) is 5.32 Å². The quantitative estimate of drug-likeness (QED) is 0.718. The molecule has 1 aromatic rings. The molecule has 1 rings (SSSR count). The van der Waals surface area contributed by atoms with Gasteiger partial charge in [-0.3, -0.25) is 4.79 Å². The van der Waals surface area contributed by atoms with E-state index in [2.05, 4.69) is 10.6 Å². The number of halogens is 1. The fourth-order valence-corrected chi connectivity index (χ4v) is 1.66. The minimum Gasteiger partial charge on any atom is -0.491 e. The molecule has 1 aromatic carbocycles. The van der Waals surface area contributed by atoms with Gasteiger partial charge in [0, 0.05) is 11.6 Å². The first kappa shape index (κ1) is 18.1. The lowest BCUT2D eigenvalue weighted by atomic mass is 9.93. The maximum absolute atomic E-state index is 11.9. The maximum Gasteiger partial charge on any atom is 0.319 e. The Hall–Kier alpha value is -1.95. The van der Waals surface area contributed by atoms with E-state index >= 15 is 0 Å². The summed E-state index contributed by atoms with van der Waals surface area (Å²) in [5.41, 5.74) is 4.90. The molecule has 0 saturated heterocycles. The second kappa shape index (κ2) is 7.89. The zero-order valence-corrected chi connectivity index (χ0v) is 13.8. The molecule has 0 spiro atoms. The van der Waals surface area contributed by atoms with Gasteiger partial charge in [-0.05, 0) is 38.5 Å². The van der Waals surface area contributed by atoms with E-state index in [1.165, 1.54) is 0 Å².